The fourth-order valence-corrected chi connectivity index (χ4v) is 4.37. The summed E-state index contributed by atoms with van der Waals surface area (Å²) in [5, 5.41) is 7.97. The highest BCUT2D eigenvalue weighted by molar-refractivity contribution is 5.68. The van der Waals surface area contributed by atoms with Crippen LogP contribution in [0.4, 0.5) is 11.4 Å². The van der Waals surface area contributed by atoms with Crippen molar-refractivity contribution in [1.82, 2.24) is 14.7 Å². The molecule has 0 atom stereocenters. The van der Waals surface area contributed by atoms with Crippen molar-refractivity contribution in [3.63, 3.8) is 0 Å². The molecule has 0 aliphatic carbocycles. The number of nitrogens with zero attached hydrogens (tertiary/aromatic N) is 4. The second-order valence-electron chi connectivity index (χ2n) is 8.51. The predicted octanol–water partition coefficient (Wildman–Crippen LogP) is 3.80. The minimum Gasteiger partial charge on any atom is -0.472 e. The van der Waals surface area contributed by atoms with Gasteiger partial charge in [-0.15, -0.1) is 0 Å². The zero-order valence-electron chi connectivity index (χ0n) is 19.1. The number of nitrogens with one attached hydrogen (secondary N) is 1. The number of hydrogen-bond donors (Lipinski definition) is 1. The number of hydrogen-bond acceptors (Lipinski definition) is 6. The van der Waals surface area contributed by atoms with Crippen LogP contribution < -0.4 is 15.8 Å². The lowest BCUT2D eigenvalue weighted by Gasteiger charge is -2.36. The molecule has 1 N–H and O–H groups in total. The fourth-order valence-electron chi connectivity index (χ4n) is 4.37. The largest absolute Gasteiger partial charge is 0.472 e. The van der Waals surface area contributed by atoms with E-state index in [4.69, 9.17) is 4.42 Å². The first-order valence-corrected chi connectivity index (χ1v) is 11.7. The van der Waals surface area contributed by atoms with Crippen molar-refractivity contribution in [2.75, 3.05) is 42.9 Å². The molecule has 0 saturated carbocycles. The Kier molecular flexibility index (Phi) is 6.72. The van der Waals surface area contributed by atoms with E-state index in [1.54, 1.807) is 12.5 Å². The number of benzene rings is 2. The number of para-hydroxylation sites is 1. The molecular weight excluding hydrogens is 426 g/mol. The van der Waals surface area contributed by atoms with Crippen LogP contribution in [0.25, 0.3) is 5.69 Å². The van der Waals surface area contributed by atoms with Gasteiger partial charge >= 0.3 is 0 Å². The Hall–Kier alpha value is -3.84. The first kappa shape index (κ1) is 22.0. The molecule has 0 unspecified atom stereocenters. The van der Waals surface area contributed by atoms with Crippen molar-refractivity contribution in [1.29, 1.82) is 0 Å². The summed E-state index contributed by atoms with van der Waals surface area (Å²) in [5.41, 5.74) is 4.53. The van der Waals surface area contributed by atoms with Gasteiger partial charge in [0.15, 0.2) is 0 Å². The first-order valence-electron chi connectivity index (χ1n) is 11.7. The first-order chi connectivity index (χ1) is 16.8. The third-order valence-corrected chi connectivity index (χ3v) is 6.22. The van der Waals surface area contributed by atoms with Gasteiger partial charge < -0.3 is 14.6 Å². The smallest absolute Gasteiger partial charge is 0.296 e. The highest BCUT2D eigenvalue weighted by Gasteiger charge is 2.22. The van der Waals surface area contributed by atoms with Gasteiger partial charge in [-0.2, -0.15) is 9.78 Å². The average molecular weight is 456 g/mol. The monoisotopic (exact) mass is 455 g/mol. The van der Waals surface area contributed by atoms with Crippen LogP contribution in [0.3, 0.4) is 0 Å². The molecule has 4 aromatic rings. The van der Waals surface area contributed by atoms with Gasteiger partial charge in [0.05, 0.1) is 30.1 Å². The Bertz CT molecular complexity index is 1230. The molecule has 1 fully saturated rings. The van der Waals surface area contributed by atoms with Gasteiger partial charge in [0.2, 0.25) is 0 Å². The molecule has 34 heavy (non-hydrogen) atoms. The van der Waals surface area contributed by atoms with Crippen LogP contribution in [0.1, 0.15) is 11.1 Å². The number of anilines is 2. The van der Waals surface area contributed by atoms with Crippen LogP contribution >= 0.6 is 0 Å². The third-order valence-electron chi connectivity index (χ3n) is 6.22. The van der Waals surface area contributed by atoms with Gasteiger partial charge in [0.25, 0.3) is 5.56 Å². The van der Waals surface area contributed by atoms with Crippen LogP contribution in [-0.2, 0) is 13.0 Å². The SMILES string of the molecule is O=c1c(NCCc2ccccc2)c(N2CCN(Cc3ccoc3)CC2)cnn1-c1ccccc1. The van der Waals surface area contributed by atoms with Crippen LogP contribution in [0, 0.1) is 0 Å². The molecule has 2 aromatic heterocycles. The molecule has 2 aromatic carbocycles. The molecular formula is C27H29N5O2. The van der Waals surface area contributed by atoms with Crippen molar-refractivity contribution in [2.45, 2.75) is 13.0 Å². The van der Waals surface area contributed by atoms with Crippen LogP contribution in [0.5, 0.6) is 0 Å². The Morgan fingerprint density at radius 1 is 0.882 bits per heavy atom. The fraction of sp³-hybridized carbons (Fsp3) is 0.259. The highest BCUT2D eigenvalue weighted by Crippen LogP contribution is 2.24. The Balaban J connectivity index is 1.36. The van der Waals surface area contributed by atoms with Gasteiger partial charge in [-0.1, -0.05) is 48.5 Å². The molecule has 174 valence electrons. The summed E-state index contributed by atoms with van der Waals surface area (Å²) in [6.07, 6.45) is 6.18. The number of rotatable bonds is 8. The molecule has 0 radical (unpaired) electrons. The van der Waals surface area contributed by atoms with Crippen molar-refractivity contribution >= 4 is 11.4 Å². The lowest BCUT2D eigenvalue weighted by molar-refractivity contribution is 0.249. The normalized spacial score (nSPS) is 14.3. The minimum atomic E-state index is -0.127. The second-order valence-corrected chi connectivity index (χ2v) is 8.51. The topological polar surface area (TPSA) is 66.5 Å². The summed E-state index contributed by atoms with van der Waals surface area (Å²) >= 11 is 0. The minimum absolute atomic E-state index is 0.127. The Morgan fingerprint density at radius 3 is 2.32 bits per heavy atom. The molecule has 3 heterocycles. The molecule has 0 amide bonds. The summed E-state index contributed by atoms with van der Waals surface area (Å²) in [4.78, 5) is 18.2. The van der Waals surface area contributed by atoms with E-state index in [-0.39, 0.29) is 5.56 Å². The van der Waals surface area contributed by atoms with E-state index in [0.29, 0.717) is 12.2 Å². The Morgan fingerprint density at radius 2 is 1.62 bits per heavy atom. The van der Waals surface area contributed by atoms with Crippen LogP contribution in [0.15, 0.2) is 94.7 Å². The van der Waals surface area contributed by atoms with Gasteiger partial charge in [-0.25, -0.2) is 0 Å². The van der Waals surface area contributed by atoms with E-state index >= 15 is 0 Å². The molecule has 7 nitrogen and oxygen atoms in total. The van der Waals surface area contributed by atoms with Crippen molar-refractivity contribution in [3.05, 3.63) is 107 Å². The van der Waals surface area contributed by atoms with Crippen molar-refractivity contribution in [3.8, 4) is 5.69 Å². The highest BCUT2D eigenvalue weighted by atomic mass is 16.3. The number of furan rings is 1. The molecule has 1 aliphatic heterocycles. The maximum Gasteiger partial charge on any atom is 0.296 e. The van der Waals surface area contributed by atoms with E-state index < -0.39 is 0 Å². The molecule has 5 rings (SSSR count). The summed E-state index contributed by atoms with van der Waals surface area (Å²) in [5.74, 6) is 0. The molecule has 7 heteroatoms. The van der Waals surface area contributed by atoms with Gasteiger partial charge in [-0.05, 0) is 30.2 Å². The predicted molar refractivity (Wildman–Crippen MR) is 135 cm³/mol. The van der Waals surface area contributed by atoms with Gasteiger partial charge in [0.1, 0.15) is 5.69 Å². The van der Waals surface area contributed by atoms with E-state index in [0.717, 1.165) is 50.5 Å². The van der Waals surface area contributed by atoms with Crippen LogP contribution in [0.2, 0.25) is 0 Å². The zero-order chi connectivity index (χ0) is 23.2. The second kappa shape index (κ2) is 10.4. The summed E-state index contributed by atoms with van der Waals surface area (Å²) in [6, 6.07) is 21.9. The maximum atomic E-state index is 13.5. The summed E-state index contributed by atoms with van der Waals surface area (Å²) in [7, 11) is 0. The summed E-state index contributed by atoms with van der Waals surface area (Å²) in [6.45, 7) is 5.04. The van der Waals surface area contributed by atoms with Crippen molar-refractivity contribution < 1.29 is 4.42 Å². The molecule has 1 saturated heterocycles. The molecule has 0 bridgehead atoms. The van der Waals surface area contributed by atoms with E-state index in [1.165, 1.54) is 15.8 Å². The Labute approximate surface area is 199 Å². The lowest BCUT2D eigenvalue weighted by Crippen LogP contribution is -2.46. The van der Waals surface area contributed by atoms with Crippen LogP contribution in [-0.4, -0.2) is 47.4 Å². The zero-order valence-corrected chi connectivity index (χ0v) is 19.1. The van der Waals surface area contributed by atoms with E-state index in [1.807, 2.05) is 60.8 Å². The van der Waals surface area contributed by atoms with E-state index in [2.05, 4.69) is 32.3 Å². The average Bonchev–Trinajstić information content (AvgIpc) is 3.40. The molecule has 0 spiro atoms. The van der Waals surface area contributed by atoms with Gasteiger partial charge in [-0.3, -0.25) is 9.69 Å². The molecule has 1 aliphatic rings. The maximum absolute atomic E-state index is 13.5. The lowest BCUT2D eigenvalue weighted by atomic mass is 10.1. The number of aromatic nitrogens is 2. The quantitative estimate of drug-likeness (QED) is 0.436. The van der Waals surface area contributed by atoms with E-state index in [9.17, 15) is 4.79 Å². The summed E-state index contributed by atoms with van der Waals surface area (Å²) < 4.78 is 6.68. The third kappa shape index (κ3) is 5.05. The standard InChI is InChI=1S/C27H29N5O2/c33-27-26(28-13-11-22-7-3-1-4-8-22)25(19-29-32(27)24-9-5-2-6-10-24)31-16-14-30(15-17-31)20-23-12-18-34-21-23/h1-10,12,18-19,21,28H,11,13-17,20H2. The number of piperazine rings is 1. The van der Waals surface area contributed by atoms with Crippen molar-refractivity contribution in [2.24, 2.45) is 0 Å². The van der Waals surface area contributed by atoms with Gasteiger partial charge in [0, 0.05) is 44.8 Å².